The molecule has 6 rings (SSSR count). The molecule has 0 spiro atoms. The van der Waals surface area contributed by atoms with E-state index < -0.39 is 17.6 Å². The van der Waals surface area contributed by atoms with Crippen molar-refractivity contribution in [3.63, 3.8) is 0 Å². The second kappa shape index (κ2) is 13.6. The van der Waals surface area contributed by atoms with Crippen molar-refractivity contribution < 1.29 is 28.2 Å². The highest BCUT2D eigenvalue weighted by atomic mass is 19.1. The van der Waals surface area contributed by atoms with E-state index in [1.165, 1.54) is 24.3 Å². The van der Waals surface area contributed by atoms with Crippen LogP contribution in [0.3, 0.4) is 0 Å². The van der Waals surface area contributed by atoms with Gasteiger partial charge in [-0.1, -0.05) is 6.07 Å². The Hall–Kier alpha value is -5.33. The number of carboxylic acids is 1. The molecule has 0 radical (unpaired) electrons. The fourth-order valence-electron chi connectivity index (χ4n) is 5.85. The Morgan fingerprint density at radius 3 is 2.57 bits per heavy atom. The molecule has 1 aliphatic heterocycles. The van der Waals surface area contributed by atoms with Crippen molar-refractivity contribution in [2.75, 3.05) is 13.1 Å². The van der Waals surface area contributed by atoms with Crippen molar-refractivity contribution in [1.82, 2.24) is 19.4 Å². The molecule has 1 N–H and O–H groups in total. The summed E-state index contributed by atoms with van der Waals surface area (Å²) < 4.78 is 42.4. The molecule has 10 nitrogen and oxygen atoms in total. The van der Waals surface area contributed by atoms with Crippen LogP contribution < -0.4 is 9.47 Å². The first kappa shape index (κ1) is 31.6. The third-order valence-corrected chi connectivity index (χ3v) is 8.68. The van der Waals surface area contributed by atoms with Gasteiger partial charge in [0.15, 0.2) is 11.6 Å². The zero-order valence-corrected chi connectivity index (χ0v) is 25.5. The first-order chi connectivity index (χ1) is 22.7. The first-order valence-electron chi connectivity index (χ1n) is 15.4. The van der Waals surface area contributed by atoms with Crippen LogP contribution in [0.1, 0.15) is 54.7 Å². The lowest BCUT2D eigenvalue weighted by Gasteiger charge is -2.32. The van der Waals surface area contributed by atoms with E-state index in [1.807, 2.05) is 24.3 Å². The Morgan fingerprint density at radius 1 is 1.06 bits per heavy atom. The molecule has 1 saturated carbocycles. The summed E-state index contributed by atoms with van der Waals surface area (Å²) in [5.41, 5.74) is 2.58. The number of piperidine rings is 1. The van der Waals surface area contributed by atoms with Gasteiger partial charge >= 0.3 is 5.97 Å². The van der Waals surface area contributed by atoms with Crippen molar-refractivity contribution >= 4 is 23.1 Å². The Balaban J connectivity index is 1.10. The molecule has 2 fully saturated rings. The third-order valence-electron chi connectivity index (χ3n) is 8.68. The Morgan fingerprint density at radius 2 is 1.87 bits per heavy atom. The minimum absolute atomic E-state index is 0.0194. The zero-order chi connectivity index (χ0) is 33.0. The largest absolute Gasteiger partial charge is 0.484 e. The summed E-state index contributed by atoms with van der Waals surface area (Å²) >= 11 is 0. The number of hydrogen-bond donors (Lipinski definition) is 1. The van der Waals surface area contributed by atoms with E-state index in [0.717, 1.165) is 60.5 Å². The maximum Gasteiger partial charge on any atom is 0.328 e. The van der Waals surface area contributed by atoms with E-state index in [0.29, 0.717) is 32.4 Å². The average Bonchev–Trinajstić information content (AvgIpc) is 3.75. The highest BCUT2D eigenvalue weighted by Crippen LogP contribution is 2.50. The van der Waals surface area contributed by atoms with Crippen molar-refractivity contribution in [2.24, 2.45) is 5.41 Å². The number of imidazole rings is 1. The second-order valence-corrected chi connectivity index (χ2v) is 12.1. The van der Waals surface area contributed by atoms with E-state index in [2.05, 4.69) is 20.5 Å². The number of ether oxygens (including phenoxy) is 2. The SMILES string of the molecule is N#CCC1(Cn2c(CN3CCC(Oc4ccc(F)c(COc5ccc(C#N)cc5F)n4)CC3)nc3ccc(/C=C/C(=O)O)cc32)CC1. The van der Waals surface area contributed by atoms with Crippen molar-refractivity contribution in [3.8, 4) is 23.8 Å². The number of rotatable bonds is 12. The summed E-state index contributed by atoms with van der Waals surface area (Å²) in [6.45, 7) is 2.45. The molecule has 240 valence electrons. The van der Waals surface area contributed by atoms with E-state index in [-0.39, 0.29) is 41.0 Å². The molecule has 0 amide bonds. The van der Waals surface area contributed by atoms with Gasteiger partial charge < -0.3 is 19.1 Å². The van der Waals surface area contributed by atoms with Gasteiger partial charge in [-0.2, -0.15) is 10.5 Å². The van der Waals surface area contributed by atoms with Crippen LogP contribution in [0.2, 0.25) is 0 Å². The quantitative estimate of drug-likeness (QED) is 0.185. The number of carboxylic acid groups (broad SMARTS) is 1. The van der Waals surface area contributed by atoms with Crippen LogP contribution in [-0.2, 0) is 24.5 Å². The second-order valence-electron chi connectivity index (χ2n) is 12.1. The van der Waals surface area contributed by atoms with Gasteiger partial charge in [-0.25, -0.2) is 23.5 Å². The number of benzene rings is 2. The highest BCUT2D eigenvalue weighted by molar-refractivity contribution is 5.87. The van der Waals surface area contributed by atoms with Gasteiger partial charge in [0.1, 0.15) is 30.0 Å². The summed E-state index contributed by atoms with van der Waals surface area (Å²) in [5.74, 6) is -1.29. The fraction of sp³-hybridized carbons (Fsp3) is 0.343. The van der Waals surface area contributed by atoms with Crippen LogP contribution in [0.15, 0.2) is 54.6 Å². The van der Waals surface area contributed by atoms with Crippen LogP contribution in [-0.4, -0.2) is 49.7 Å². The monoisotopic (exact) mass is 638 g/mol. The lowest BCUT2D eigenvalue weighted by Crippen LogP contribution is -2.38. The number of hydrogen-bond acceptors (Lipinski definition) is 8. The van der Waals surface area contributed by atoms with Gasteiger partial charge in [0.2, 0.25) is 5.88 Å². The van der Waals surface area contributed by atoms with Gasteiger partial charge in [0.05, 0.1) is 35.3 Å². The van der Waals surface area contributed by atoms with Gasteiger partial charge in [-0.3, -0.25) is 4.90 Å². The summed E-state index contributed by atoms with van der Waals surface area (Å²) in [5, 5.41) is 27.4. The topological polar surface area (TPSA) is 137 Å². The zero-order valence-electron chi connectivity index (χ0n) is 25.5. The molecule has 12 heteroatoms. The molecule has 2 aliphatic rings. The van der Waals surface area contributed by atoms with Gasteiger partial charge in [-0.05, 0) is 73.7 Å². The highest BCUT2D eigenvalue weighted by Gasteiger charge is 2.43. The van der Waals surface area contributed by atoms with Gasteiger partial charge in [0.25, 0.3) is 0 Å². The van der Waals surface area contributed by atoms with Crippen LogP contribution in [0.5, 0.6) is 11.6 Å². The van der Waals surface area contributed by atoms with Crippen LogP contribution >= 0.6 is 0 Å². The van der Waals surface area contributed by atoms with E-state index in [4.69, 9.17) is 24.8 Å². The minimum atomic E-state index is -1.02. The molecule has 2 aromatic carbocycles. The van der Waals surface area contributed by atoms with Crippen LogP contribution in [0.4, 0.5) is 8.78 Å². The molecular weight excluding hydrogens is 606 g/mol. The number of aliphatic carboxylic acids is 1. The molecule has 47 heavy (non-hydrogen) atoms. The van der Waals surface area contributed by atoms with Gasteiger partial charge in [0, 0.05) is 43.6 Å². The summed E-state index contributed by atoms with van der Waals surface area (Å²) in [6.07, 6.45) is 6.41. The predicted octanol–water partition coefficient (Wildman–Crippen LogP) is 6.00. The Kier molecular flexibility index (Phi) is 9.14. The summed E-state index contributed by atoms with van der Waals surface area (Å²) in [6, 6.07) is 16.4. The average molecular weight is 639 g/mol. The normalized spacial score (nSPS) is 16.2. The number of halogens is 2. The minimum Gasteiger partial charge on any atom is -0.484 e. The summed E-state index contributed by atoms with van der Waals surface area (Å²) in [4.78, 5) is 22.6. The Bertz CT molecular complexity index is 1920. The van der Waals surface area contributed by atoms with E-state index >= 15 is 0 Å². The molecule has 4 aromatic rings. The molecule has 2 aromatic heterocycles. The smallest absolute Gasteiger partial charge is 0.328 e. The Labute approximate surface area is 270 Å². The lowest BCUT2D eigenvalue weighted by molar-refractivity contribution is -0.131. The number of nitrogens with zero attached hydrogens (tertiary/aromatic N) is 6. The molecule has 0 bridgehead atoms. The van der Waals surface area contributed by atoms with Crippen LogP contribution in [0, 0.1) is 39.7 Å². The van der Waals surface area contributed by atoms with Crippen molar-refractivity contribution in [3.05, 3.63) is 88.9 Å². The number of likely N-dealkylation sites (tertiary alicyclic amines) is 1. The lowest BCUT2D eigenvalue weighted by atomic mass is 10.0. The molecule has 1 saturated heterocycles. The van der Waals surface area contributed by atoms with Crippen LogP contribution in [0.25, 0.3) is 17.1 Å². The summed E-state index contributed by atoms with van der Waals surface area (Å²) in [7, 11) is 0. The van der Waals surface area contributed by atoms with E-state index in [9.17, 15) is 18.8 Å². The maximum atomic E-state index is 14.5. The number of carbonyl (C=O) groups is 1. The first-order valence-corrected chi connectivity index (χ1v) is 15.4. The number of fused-ring (bicyclic) bond motifs is 1. The maximum absolute atomic E-state index is 14.5. The van der Waals surface area contributed by atoms with Crippen molar-refractivity contribution in [1.29, 1.82) is 10.5 Å². The standard InChI is InChI=1S/C35H32F2N6O4/c36-26-4-7-33(41-29(26)21-46-31-6-2-24(19-39)17-27(31)37)47-25-9-15-42(16-10-25)20-32-40-28-5-1-23(3-8-34(44)45)18-30(28)43(32)22-35(11-12-35)13-14-38/h1-8,17-18,25H,9-13,15-16,20-22H2,(H,44,45)/b8-3+. The van der Waals surface area contributed by atoms with Crippen molar-refractivity contribution in [2.45, 2.75) is 57.9 Å². The number of nitriles is 2. The molecule has 0 unspecified atom stereocenters. The fourth-order valence-corrected chi connectivity index (χ4v) is 5.85. The predicted molar refractivity (Wildman–Crippen MR) is 167 cm³/mol. The van der Waals surface area contributed by atoms with E-state index in [1.54, 1.807) is 6.08 Å². The number of pyridine rings is 1. The molecular formula is C35H32F2N6O4. The molecule has 0 atom stereocenters. The van der Waals surface area contributed by atoms with Gasteiger partial charge in [-0.15, -0.1) is 0 Å². The third kappa shape index (κ3) is 7.56. The molecule has 1 aliphatic carbocycles. The molecule has 3 heterocycles. The number of aromatic nitrogens is 3.